The first-order chi connectivity index (χ1) is 18.2. The molecule has 0 unspecified atom stereocenters. The lowest BCUT2D eigenvalue weighted by atomic mass is 9.77. The molecule has 0 fully saturated rings. The molecule has 0 spiro atoms. The monoisotopic (exact) mass is 517 g/mol. The first kappa shape index (κ1) is 21.2. The molecule has 35 heavy (non-hydrogen) atoms. The normalized spacial score (nSPS) is 13.3. The van der Waals surface area contributed by atoms with Crippen LogP contribution in [0.4, 0.5) is 0 Å². The van der Waals surface area contributed by atoms with Gasteiger partial charge >= 0.3 is 0 Å². The Hall–Kier alpha value is -3.15. The van der Waals surface area contributed by atoms with E-state index in [0.717, 1.165) is 12.7 Å². The first-order valence-corrected chi connectivity index (χ1v) is 13.2. The van der Waals surface area contributed by atoms with Crippen molar-refractivity contribution in [3.05, 3.63) is 81.8 Å². The SMILES string of the molecule is [2H]c1c([2H])c(C(C)(C)c2cc(Cl)c(OCCC)c(C#N)c2)c([2H])c([2H])c1OCc1ccnc(CS(C)(=O)=O)n1. The van der Waals surface area contributed by atoms with E-state index in [9.17, 15) is 13.7 Å². The lowest BCUT2D eigenvalue weighted by molar-refractivity contribution is 0.300. The third-order valence-electron chi connectivity index (χ3n) is 5.08. The topological polar surface area (TPSA) is 102 Å². The summed E-state index contributed by atoms with van der Waals surface area (Å²) in [4.78, 5) is 8.08. The van der Waals surface area contributed by atoms with Crippen LogP contribution in [0, 0.1) is 11.3 Å². The molecule has 3 aromatic rings. The van der Waals surface area contributed by atoms with E-state index in [4.69, 9.17) is 26.6 Å². The average molecular weight is 518 g/mol. The maximum absolute atomic E-state index is 11.6. The molecular formula is C26H28ClN3O4S. The molecule has 0 saturated carbocycles. The number of aromatic nitrogens is 2. The predicted octanol–water partition coefficient (Wildman–Crippen LogP) is 5.24. The van der Waals surface area contributed by atoms with E-state index >= 15 is 0 Å². The van der Waals surface area contributed by atoms with Crippen LogP contribution < -0.4 is 9.47 Å². The third-order valence-corrected chi connectivity index (χ3v) is 6.15. The molecule has 0 aliphatic heterocycles. The second kappa shape index (κ2) is 11.1. The van der Waals surface area contributed by atoms with Crippen LogP contribution in [0.1, 0.15) is 60.9 Å². The largest absolute Gasteiger partial charge is 0.491 e. The van der Waals surface area contributed by atoms with Crippen LogP contribution in [0.2, 0.25) is 5.02 Å². The van der Waals surface area contributed by atoms with E-state index in [1.165, 1.54) is 12.3 Å². The zero-order valence-corrected chi connectivity index (χ0v) is 21.5. The van der Waals surface area contributed by atoms with Crippen LogP contribution in [-0.4, -0.2) is 31.2 Å². The summed E-state index contributed by atoms with van der Waals surface area (Å²) in [5, 5.41) is 9.89. The van der Waals surface area contributed by atoms with E-state index < -0.39 is 15.3 Å². The second-order valence-corrected chi connectivity index (χ2v) is 11.0. The van der Waals surface area contributed by atoms with Gasteiger partial charge < -0.3 is 9.47 Å². The number of ether oxygens (including phenoxy) is 2. The van der Waals surface area contributed by atoms with Gasteiger partial charge in [0.2, 0.25) is 0 Å². The number of hydrogen-bond acceptors (Lipinski definition) is 7. The minimum atomic E-state index is -3.35. The number of halogens is 1. The first-order valence-electron chi connectivity index (χ1n) is 12.8. The van der Waals surface area contributed by atoms with Gasteiger partial charge in [-0.3, -0.25) is 0 Å². The Bertz CT molecular complexity index is 1530. The summed E-state index contributed by atoms with van der Waals surface area (Å²) >= 11 is 6.45. The van der Waals surface area contributed by atoms with Crippen LogP contribution >= 0.6 is 11.6 Å². The third kappa shape index (κ3) is 6.93. The van der Waals surface area contributed by atoms with E-state index in [-0.39, 0.29) is 70.0 Å². The summed E-state index contributed by atoms with van der Waals surface area (Å²) in [7, 11) is -3.35. The van der Waals surface area contributed by atoms with Crippen molar-refractivity contribution in [3.63, 3.8) is 0 Å². The molecule has 0 aliphatic carbocycles. The van der Waals surface area contributed by atoms with Crippen LogP contribution in [0.3, 0.4) is 0 Å². The number of nitrogens with zero attached hydrogens (tertiary/aromatic N) is 3. The highest BCUT2D eigenvalue weighted by molar-refractivity contribution is 7.89. The molecule has 184 valence electrons. The van der Waals surface area contributed by atoms with E-state index in [0.29, 0.717) is 17.9 Å². The number of rotatable bonds is 10. The Balaban J connectivity index is 2.00. The fourth-order valence-electron chi connectivity index (χ4n) is 3.19. The molecule has 1 heterocycles. The zero-order chi connectivity index (χ0) is 29.1. The maximum Gasteiger partial charge on any atom is 0.155 e. The van der Waals surface area contributed by atoms with E-state index in [1.54, 1.807) is 26.0 Å². The smallest absolute Gasteiger partial charge is 0.155 e. The predicted molar refractivity (Wildman–Crippen MR) is 135 cm³/mol. The summed E-state index contributed by atoms with van der Waals surface area (Å²) in [5.41, 5.74) is 0.0545. The fourth-order valence-corrected chi connectivity index (χ4v) is 4.07. The van der Waals surface area contributed by atoms with Gasteiger partial charge in [0.25, 0.3) is 0 Å². The number of sulfone groups is 1. The Labute approximate surface area is 217 Å². The van der Waals surface area contributed by atoms with E-state index in [2.05, 4.69) is 16.0 Å². The molecule has 0 aliphatic rings. The second-order valence-electron chi connectivity index (χ2n) is 8.45. The van der Waals surface area contributed by atoms with Crippen LogP contribution in [-0.2, 0) is 27.6 Å². The summed E-state index contributed by atoms with van der Waals surface area (Å²) in [6.45, 7) is 5.53. The molecule has 0 radical (unpaired) electrons. The van der Waals surface area contributed by atoms with Gasteiger partial charge in [0.15, 0.2) is 15.6 Å². The molecule has 7 nitrogen and oxygen atoms in total. The molecule has 2 aromatic carbocycles. The number of nitriles is 1. The van der Waals surface area contributed by atoms with Crippen LogP contribution in [0.15, 0.2) is 48.6 Å². The Kier molecular flexibility index (Phi) is 6.69. The van der Waals surface area contributed by atoms with Gasteiger partial charge in [0.1, 0.15) is 30.0 Å². The molecule has 0 saturated heterocycles. The molecule has 0 N–H and O–H groups in total. The summed E-state index contributed by atoms with van der Waals surface area (Å²) in [5.74, 6) is -0.286. The van der Waals surface area contributed by atoms with Gasteiger partial charge in [-0.1, -0.05) is 44.5 Å². The van der Waals surface area contributed by atoms with E-state index in [1.807, 2.05) is 6.92 Å². The van der Waals surface area contributed by atoms with Gasteiger partial charge in [-0.25, -0.2) is 18.4 Å². The lowest BCUT2D eigenvalue weighted by Crippen LogP contribution is -2.19. The zero-order valence-electron chi connectivity index (χ0n) is 23.9. The standard InChI is InChI=1S/C26H28ClN3O4S/c1-5-12-33-25-18(15-28)13-20(14-23(25)27)26(2,3)19-6-8-22(9-7-19)34-16-21-10-11-29-24(30-21)17-35(4,31)32/h6-11,13-14H,5,12,16-17H2,1-4H3/i6D,7D,8D,9D. The van der Waals surface area contributed by atoms with Crippen molar-refractivity contribution in [2.45, 2.75) is 45.0 Å². The number of hydrogen-bond donors (Lipinski definition) is 0. The van der Waals surface area contributed by atoms with Crippen molar-refractivity contribution in [2.75, 3.05) is 12.9 Å². The summed E-state index contributed by atoms with van der Waals surface area (Å²) in [6, 6.07) is 5.37. The Morgan fingerprint density at radius 3 is 2.51 bits per heavy atom. The highest BCUT2D eigenvalue weighted by Crippen LogP contribution is 2.38. The van der Waals surface area contributed by atoms with Crippen molar-refractivity contribution < 1.29 is 23.4 Å². The minimum Gasteiger partial charge on any atom is -0.491 e. The summed E-state index contributed by atoms with van der Waals surface area (Å²) in [6.07, 6.45) is 3.17. The van der Waals surface area contributed by atoms with Crippen LogP contribution in [0.25, 0.3) is 0 Å². The molecule has 1 aromatic heterocycles. The van der Waals surface area contributed by atoms with Crippen molar-refractivity contribution in [1.29, 1.82) is 5.26 Å². The fraction of sp³-hybridized carbons (Fsp3) is 0.346. The average Bonchev–Trinajstić information content (AvgIpc) is 2.85. The van der Waals surface area contributed by atoms with Crippen molar-refractivity contribution in [3.8, 4) is 17.6 Å². The van der Waals surface area contributed by atoms with Gasteiger partial charge in [0.05, 0.1) is 28.4 Å². The lowest BCUT2D eigenvalue weighted by Gasteiger charge is -2.27. The maximum atomic E-state index is 11.6. The molecule has 0 atom stereocenters. The van der Waals surface area contributed by atoms with Gasteiger partial charge in [0, 0.05) is 17.9 Å². The minimum absolute atomic E-state index is 0.0803. The van der Waals surface area contributed by atoms with Gasteiger partial charge in [-0.15, -0.1) is 0 Å². The molecule has 0 amide bonds. The van der Waals surface area contributed by atoms with Crippen molar-refractivity contribution in [2.24, 2.45) is 0 Å². The van der Waals surface area contributed by atoms with Gasteiger partial charge in [-0.2, -0.15) is 5.26 Å². The quantitative estimate of drug-likeness (QED) is 0.362. The molecule has 3 rings (SSSR count). The highest BCUT2D eigenvalue weighted by atomic mass is 35.5. The van der Waals surface area contributed by atoms with Crippen molar-refractivity contribution in [1.82, 2.24) is 9.97 Å². The Morgan fingerprint density at radius 1 is 1.17 bits per heavy atom. The number of benzene rings is 2. The molecular weight excluding hydrogens is 486 g/mol. The molecule has 0 bridgehead atoms. The Morgan fingerprint density at radius 2 is 1.89 bits per heavy atom. The highest BCUT2D eigenvalue weighted by Gasteiger charge is 2.26. The summed E-state index contributed by atoms with van der Waals surface area (Å²) < 4.78 is 68.9. The molecule has 9 heteroatoms. The van der Waals surface area contributed by atoms with Crippen LogP contribution in [0.5, 0.6) is 11.5 Å². The van der Waals surface area contributed by atoms with Gasteiger partial charge in [-0.05, 0) is 47.8 Å². The van der Waals surface area contributed by atoms with Crippen molar-refractivity contribution >= 4 is 21.4 Å².